The van der Waals surface area contributed by atoms with E-state index >= 15 is 0 Å². The van der Waals surface area contributed by atoms with Crippen molar-refractivity contribution in [3.63, 3.8) is 0 Å². The van der Waals surface area contributed by atoms with Crippen molar-refractivity contribution in [2.75, 3.05) is 11.9 Å². The van der Waals surface area contributed by atoms with Gasteiger partial charge >= 0.3 is 4.87 Å². The highest BCUT2D eigenvalue weighted by Crippen LogP contribution is 2.33. The Balaban J connectivity index is 1.26. The molecular formula is C25H24N6O5S. The normalized spacial score (nSPS) is 14.2. The number of aromatic amines is 1. The number of hydrogen-bond acceptors (Lipinski definition) is 9. The maximum absolute atomic E-state index is 13.2. The SMILES string of the molecule is O=C(NCc1ccccc1Oc1sc(=O)[nH]c1O)[C@@H]1CCc2cnc(NCCc3ccccn3)c(=O)n21. The first kappa shape index (κ1) is 24.3. The van der Waals surface area contributed by atoms with Crippen molar-refractivity contribution in [2.24, 2.45) is 0 Å². The molecule has 1 aliphatic rings. The largest absolute Gasteiger partial charge is 0.491 e. The van der Waals surface area contributed by atoms with Gasteiger partial charge in [0.2, 0.25) is 16.9 Å². The zero-order valence-corrected chi connectivity index (χ0v) is 20.5. The molecule has 12 heteroatoms. The Morgan fingerprint density at radius 2 is 2.03 bits per heavy atom. The highest BCUT2D eigenvalue weighted by atomic mass is 32.1. The molecule has 4 N–H and O–H groups in total. The Labute approximate surface area is 214 Å². The average Bonchev–Trinajstić information content (AvgIpc) is 3.48. The van der Waals surface area contributed by atoms with Gasteiger partial charge in [0.25, 0.3) is 5.56 Å². The summed E-state index contributed by atoms with van der Waals surface area (Å²) in [6.07, 6.45) is 5.05. The van der Waals surface area contributed by atoms with Gasteiger partial charge in [0.15, 0.2) is 5.82 Å². The third-order valence-electron chi connectivity index (χ3n) is 5.99. The lowest BCUT2D eigenvalue weighted by atomic mass is 10.1. The quantitative estimate of drug-likeness (QED) is 0.263. The summed E-state index contributed by atoms with van der Waals surface area (Å²) in [5.41, 5.74) is 1.92. The summed E-state index contributed by atoms with van der Waals surface area (Å²) in [5, 5.41) is 15.8. The minimum atomic E-state index is -0.658. The summed E-state index contributed by atoms with van der Waals surface area (Å²) >= 11 is 0.738. The van der Waals surface area contributed by atoms with E-state index in [4.69, 9.17) is 4.74 Å². The number of nitrogens with zero attached hydrogens (tertiary/aromatic N) is 3. The second kappa shape index (κ2) is 10.7. The van der Waals surface area contributed by atoms with E-state index in [9.17, 15) is 19.5 Å². The Bertz CT molecular complexity index is 1530. The molecule has 0 aliphatic carbocycles. The second-order valence-electron chi connectivity index (χ2n) is 8.40. The molecule has 0 saturated carbocycles. The molecule has 0 fully saturated rings. The van der Waals surface area contributed by atoms with E-state index in [2.05, 4.69) is 25.6 Å². The van der Waals surface area contributed by atoms with Crippen LogP contribution in [-0.2, 0) is 24.2 Å². The van der Waals surface area contributed by atoms with Crippen molar-refractivity contribution in [3.8, 4) is 16.7 Å². The van der Waals surface area contributed by atoms with Gasteiger partial charge in [-0.2, -0.15) is 0 Å². The fourth-order valence-corrected chi connectivity index (χ4v) is 4.79. The van der Waals surface area contributed by atoms with E-state index in [1.807, 2.05) is 18.2 Å². The Hall–Kier alpha value is -4.45. The van der Waals surface area contributed by atoms with Gasteiger partial charge in [0.1, 0.15) is 11.8 Å². The first-order valence-electron chi connectivity index (χ1n) is 11.7. The summed E-state index contributed by atoms with van der Waals surface area (Å²) in [7, 11) is 0. The van der Waals surface area contributed by atoms with Crippen LogP contribution in [0.5, 0.6) is 16.7 Å². The minimum absolute atomic E-state index is 0.0376. The van der Waals surface area contributed by atoms with Crippen LogP contribution in [0, 0.1) is 0 Å². The molecule has 0 saturated heterocycles. The summed E-state index contributed by atoms with van der Waals surface area (Å²) < 4.78 is 7.19. The van der Waals surface area contributed by atoms with Gasteiger partial charge in [0.05, 0.1) is 0 Å². The number of nitrogens with one attached hydrogen (secondary N) is 3. The van der Waals surface area contributed by atoms with Crippen molar-refractivity contribution in [2.45, 2.75) is 31.8 Å². The van der Waals surface area contributed by atoms with Gasteiger partial charge in [-0.15, -0.1) is 0 Å². The highest BCUT2D eigenvalue weighted by molar-refractivity contribution is 7.11. The number of anilines is 1. The summed E-state index contributed by atoms with van der Waals surface area (Å²) in [6, 6.07) is 12.0. The number of para-hydroxylation sites is 1. The van der Waals surface area contributed by atoms with E-state index in [1.54, 1.807) is 36.7 Å². The first-order valence-corrected chi connectivity index (χ1v) is 12.5. The van der Waals surface area contributed by atoms with Gasteiger partial charge in [0, 0.05) is 48.9 Å². The fraction of sp³-hybridized carbons (Fsp3) is 0.240. The number of aromatic hydroxyl groups is 1. The third-order valence-corrected chi connectivity index (χ3v) is 6.74. The highest BCUT2D eigenvalue weighted by Gasteiger charge is 2.30. The van der Waals surface area contributed by atoms with Crippen LogP contribution >= 0.6 is 11.3 Å². The van der Waals surface area contributed by atoms with Gasteiger partial charge in [-0.1, -0.05) is 24.3 Å². The van der Waals surface area contributed by atoms with Crippen LogP contribution in [0.15, 0.2) is 64.4 Å². The molecule has 0 bridgehead atoms. The molecule has 1 aliphatic heterocycles. The molecule has 0 radical (unpaired) electrons. The topological polar surface area (TPSA) is 151 Å². The molecule has 5 rings (SSSR count). The first-order chi connectivity index (χ1) is 18.0. The van der Waals surface area contributed by atoms with E-state index in [0.29, 0.717) is 42.8 Å². The van der Waals surface area contributed by atoms with E-state index < -0.39 is 10.9 Å². The van der Waals surface area contributed by atoms with Crippen LogP contribution < -0.4 is 25.8 Å². The number of rotatable bonds is 9. The Morgan fingerprint density at radius 1 is 1.19 bits per heavy atom. The molecule has 3 aromatic heterocycles. The lowest BCUT2D eigenvalue weighted by molar-refractivity contribution is -0.124. The van der Waals surface area contributed by atoms with Gasteiger partial charge in [-0.3, -0.25) is 28.9 Å². The lowest BCUT2D eigenvalue weighted by Crippen LogP contribution is -2.36. The monoisotopic (exact) mass is 520 g/mol. The number of aromatic nitrogens is 4. The van der Waals surface area contributed by atoms with Crippen molar-refractivity contribution in [1.82, 2.24) is 24.8 Å². The number of aryl methyl sites for hydroxylation is 1. The standard InChI is InChI=1S/C25H24N6O5S/c32-21(29-13-15-5-1-2-7-19(15)36-24-22(33)30-25(35)37-24)18-9-8-17-14-28-20(23(34)31(17)18)27-12-10-16-6-3-4-11-26-16/h1-7,11,14,18,33H,8-10,12-13H2,(H,27,28)(H,29,32)(H,30,35)/t18-/m0/s1. The number of amides is 1. The maximum Gasteiger partial charge on any atom is 0.310 e. The molecule has 190 valence electrons. The molecule has 1 aromatic carbocycles. The predicted molar refractivity (Wildman–Crippen MR) is 137 cm³/mol. The number of fused-ring (bicyclic) bond motifs is 1. The Kier molecular flexibility index (Phi) is 6.99. The lowest BCUT2D eigenvalue weighted by Gasteiger charge is -2.16. The Morgan fingerprint density at radius 3 is 2.81 bits per heavy atom. The van der Waals surface area contributed by atoms with Crippen molar-refractivity contribution >= 4 is 23.1 Å². The van der Waals surface area contributed by atoms with Crippen LogP contribution in [0.25, 0.3) is 0 Å². The molecular weight excluding hydrogens is 496 g/mol. The molecule has 4 heterocycles. The molecule has 4 aromatic rings. The van der Waals surface area contributed by atoms with Crippen LogP contribution in [0.4, 0.5) is 5.82 Å². The van der Waals surface area contributed by atoms with Crippen LogP contribution in [0.3, 0.4) is 0 Å². The summed E-state index contributed by atoms with van der Waals surface area (Å²) in [5.74, 6) is -0.0615. The number of ether oxygens (including phenoxy) is 1. The summed E-state index contributed by atoms with van der Waals surface area (Å²) in [6.45, 7) is 0.619. The number of hydrogen-bond donors (Lipinski definition) is 4. The zero-order chi connectivity index (χ0) is 25.8. The summed E-state index contributed by atoms with van der Waals surface area (Å²) in [4.78, 5) is 48.1. The smallest absolute Gasteiger partial charge is 0.310 e. The third kappa shape index (κ3) is 5.38. The molecule has 11 nitrogen and oxygen atoms in total. The number of pyridine rings is 1. The van der Waals surface area contributed by atoms with Gasteiger partial charge in [-0.25, -0.2) is 4.98 Å². The van der Waals surface area contributed by atoms with E-state index in [-0.39, 0.29) is 34.8 Å². The molecule has 1 amide bonds. The van der Waals surface area contributed by atoms with Crippen LogP contribution in [0.1, 0.15) is 29.4 Å². The minimum Gasteiger partial charge on any atom is -0.491 e. The van der Waals surface area contributed by atoms with Gasteiger partial charge in [-0.05, 0) is 42.4 Å². The van der Waals surface area contributed by atoms with E-state index in [0.717, 1.165) is 17.0 Å². The average molecular weight is 521 g/mol. The number of carbonyl (C=O) groups is 1. The van der Waals surface area contributed by atoms with Crippen LogP contribution in [-0.4, -0.2) is 37.1 Å². The number of benzene rings is 1. The van der Waals surface area contributed by atoms with Crippen LogP contribution in [0.2, 0.25) is 0 Å². The molecule has 1 atom stereocenters. The molecule has 37 heavy (non-hydrogen) atoms. The predicted octanol–water partition coefficient (Wildman–Crippen LogP) is 2.34. The van der Waals surface area contributed by atoms with E-state index in [1.165, 1.54) is 4.57 Å². The second-order valence-corrected chi connectivity index (χ2v) is 9.35. The van der Waals surface area contributed by atoms with Crippen molar-refractivity contribution < 1.29 is 14.6 Å². The number of H-pyrrole nitrogens is 1. The maximum atomic E-state index is 13.2. The fourth-order valence-electron chi connectivity index (χ4n) is 4.19. The van der Waals surface area contributed by atoms with Gasteiger partial charge < -0.3 is 20.5 Å². The number of carbonyl (C=O) groups excluding carboxylic acids is 1. The zero-order valence-electron chi connectivity index (χ0n) is 19.6. The molecule has 0 spiro atoms. The number of thiazole rings is 1. The van der Waals surface area contributed by atoms with Crippen molar-refractivity contribution in [1.29, 1.82) is 0 Å². The molecule has 0 unspecified atom stereocenters. The van der Waals surface area contributed by atoms with Crippen molar-refractivity contribution in [3.05, 3.63) is 91.8 Å².